The van der Waals surface area contributed by atoms with Crippen LogP contribution in [0.3, 0.4) is 0 Å². The number of likely N-dealkylation sites (tertiary alicyclic amines) is 1. The predicted octanol–water partition coefficient (Wildman–Crippen LogP) is 4.80. The van der Waals surface area contributed by atoms with Crippen molar-refractivity contribution in [1.29, 1.82) is 0 Å². The van der Waals surface area contributed by atoms with E-state index in [-0.39, 0.29) is 30.8 Å². The molecule has 0 bridgehead atoms. The van der Waals surface area contributed by atoms with Crippen LogP contribution in [-0.4, -0.2) is 48.4 Å². The van der Waals surface area contributed by atoms with Crippen LogP contribution in [0.25, 0.3) is 0 Å². The molecule has 36 heavy (non-hydrogen) atoms. The van der Waals surface area contributed by atoms with Crippen molar-refractivity contribution in [1.82, 2.24) is 10.2 Å². The molecule has 1 heterocycles. The molecule has 5 rings (SSSR count). The van der Waals surface area contributed by atoms with E-state index in [1.165, 1.54) is 12.8 Å². The minimum absolute atomic E-state index is 0.00655. The van der Waals surface area contributed by atoms with Gasteiger partial charge in [0.2, 0.25) is 11.8 Å². The van der Waals surface area contributed by atoms with E-state index in [4.69, 9.17) is 4.74 Å². The minimum Gasteiger partial charge on any atom is -0.457 e. The molecule has 1 aliphatic carbocycles. The van der Waals surface area contributed by atoms with Gasteiger partial charge in [-0.25, -0.2) is 0 Å². The van der Waals surface area contributed by atoms with E-state index in [2.05, 4.69) is 10.2 Å². The maximum absolute atomic E-state index is 13.3. The van der Waals surface area contributed by atoms with Gasteiger partial charge in [0.15, 0.2) is 0 Å². The first kappa shape index (κ1) is 24.1. The molecule has 2 fully saturated rings. The maximum atomic E-state index is 13.3. The average Bonchev–Trinajstić information content (AvgIpc) is 3.75. The molecule has 2 aliphatic rings. The van der Waals surface area contributed by atoms with Crippen molar-refractivity contribution < 1.29 is 14.3 Å². The standard InChI is InChI=1S/C30H33N3O3/c34-29(31-24-17-19-32(20-18-24)25-11-12-25)22-33(30(35)21-23-7-3-1-4-8-23)26-13-15-28(16-14-26)36-27-9-5-2-6-10-27/h1-10,13-16,24-25H,11-12,17-22H2,(H,31,34). The van der Waals surface area contributed by atoms with Crippen molar-refractivity contribution in [2.75, 3.05) is 24.5 Å². The van der Waals surface area contributed by atoms with Crippen LogP contribution in [0, 0.1) is 0 Å². The number of ether oxygens (including phenoxy) is 1. The van der Waals surface area contributed by atoms with E-state index in [0.29, 0.717) is 11.4 Å². The minimum atomic E-state index is -0.120. The number of nitrogens with one attached hydrogen (secondary N) is 1. The SMILES string of the molecule is O=C(CN(C(=O)Cc1ccccc1)c1ccc(Oc2ccccc2)cc1)NC1CCN(C2CC2)CC1. The number of piperidine rings is 1. The highest BCUT2D eigenvalue weighted by Crippen LogP contribution is 2.29. The van der Waals surface area contributed by atoms with Gasteiger partial charge in [0.25, 0.3) is 0 Å². The number of carbonyl (C=O) groups excluding carboxylic acids is 2. The van der Waals surface area contributed by atoms with E-state index in [0.717, 1.165) is 43.3 Å². The Kier molecular flexibility index (Phi) is 7.62. The first-order valence-electron chi connectivity index (χ1n) is 12.8. The van der Waals surface area contributed by atoms with Gasteiger partial charge < -0.3 is 19.9 Å². The Labute approximate surface area is 212 Å². The predicted molar refractivity (Wildman–Crippen MR) is 141 cm³/mol. The molecule has 3 aromatic rings. The Balaban J connectivity index is 1.25. The van der Waals surface area contributed by atoms with Crippen LogP contribution in [0.2, 0.25) is 0 Å². The number of nitrogens with zero attached hydrogens (tertiary/aromatic N) is 2. The van der Waals surface area contributed by atoms with Gasteiger partial charge in [-0.15, -0.1) is 0 Å². The fourth-order valence-corrected chi connectivity index (χ4v) is 4.77. The summed E-state index contributed by atoms with van der Waals surface area (Å²) in [7, 11) is 0. The Hall–Kier alpha value is -3.64. The Morgan fingerprint density at radius 3 is 2.06 bits per heavy atom. The van der Waals surface area contributed by atoms with E-state index in [1.54, 1.807) is 4.90 Å². The molecule has 2 amide bonds. The Morgan fingerprint density at radius 2 is 1.42 bits per heavy atom. The van der Waals surface area contributed by atoms with Crippen LogP contribution in [0.5, 0.6) is 11.5 Å². The number of carbonyl (C=O) groups is 2. The first-order chi connectivity index (χ1) is 17.6. The lowest BCUT2D eigenvalue weighted by atomic mass is 10.0. The number of amides is 2. The van der Waals surface area contributed by atoms with E-state index in [9.17, 15) is 9.59 Å². The van der Waals surface area contributed by atoms with Crippen LogP contribution in [0.1, 0.15) is 31.2 Å². The largest absolute Gasteiger partial charge is 0.457 e. The van der Waals surface area contributed by atoms with Crippen molar-refractivity contribution in [3.8, 4) is 11.5 Å². The van der Waals surface area contributed by atoms with Crippen LogP contribution in [0.15, 0.2) is 84.9 Å². The van der Waals surface area contributed by atoms with Gasteiger partial charge in [-0.3, -0.25) is 9.59 Å². The monoisotopic (exact) mass is 483 g/mol. The summed E-state index contributed by atoms with van der Waals surface area (Å²) in [5.41, 5.74) is 1.60. The summed E-state index contributed by atoms with van der Waals surface area (Å²) in [4.78, 5) is 30.5. The van der Waals surface area contributed by atoms with Crippen LogP contribution < -0.4 is 15.0 Å². The number of rotatable bonds is 9. The highest BCUT2D eigenvalue weighted by molar-refractivity contribution is 5.99. The third-order valence-corrected chi connectivity index (χ3v) is 6.89. The van der Waals surface area contributed by atoms with Crippen LogP contribution in [-0.2, 0) is 16.0 Å². The number of benzene rings is 3. The molecule has 0 unspecified atom stereocenters. The average molecular weight is 484 g/mol. The number of hydrogen-bond acceptors (Lipinski definition) is 4. The van der Waals surface area contributed by atoms with Crippen molar-refractivity contribution >= 4 is 17.5 Å². The van der Waals surface area contributed by atoms with Gasteiger partial charge in [-0.1, -0.05) is 48.5 Å². The summed E-state index contributed by atoms with van der Waals surface area (Å²) in [6, 6.07) is 27.5. The lowest BCUT2D eigenvalue weighted by Crippen LogP contribution is -2.49. The van der Waals surface area contributed by atoms with Gasteiger partial charge in [0.05, 0.1) is 6.42 Å². The molecule has 1 aliphatic heterocycles. The summed E-state index contributed by atoms with van der Waals surface area (Å²) >= 11 is 0. The molecule has 0 spiro atoms. The molecular formula is C30H33N3O3. The normalized spacial score (nSPS) is 16.3. The molecule has 3 aromatic carbocycles. The smallest absolute Gasteiger partial charge is 0.240 e. The second kappa shape index (κ2) is 11.4. The molecule has 0 atom stereocenters. The lowest BCUT2D eigenvalue weighted by Gasteiger charge is -2.33. The molecule has 6 heteroatoms. The molecule has 0 radical (unpaired) electrons. The zero-order chi connectivity index (χ0) is 24.7. The topological polar surface area (TPSA) is 61.9 Å². The van der Waals surface area contributed by atoms with Crippen molar-refractivity contribution in [2.45, 2.75) is 44.2 Å². The summed E-state index contributed by atoms with van der Waals surface area (Å²) in [6.07, 6.45) is 4.78. The lowest BCUT2D eigenvalue weighted by molar-refractivity contribution is -0.124. The van der Waals surface area contributed by atoms with Gasteiger partial charge >= 0.3 is 0 Å². The molecule has 6 nitrogen and oxygen atoms in total. The third kappa shape index (κ3) is 6.52. The highest BCUT2D eigenvalue weighted by Gasteiger charge is 2.32. The summed E-state index contributed by atoms with van der Waals surface area (Å²) in [6.45, 7) is 2.07. The van der Waals surface area contributed by atoms with Crippen LogP contribution >= 0.6 is 0 Å². The third-order valence-electron chi connectivity index (χ3n) is 6.89. The van der Waals surface area contributed by atoms with Crippen molar-refractivity contribution in [3.63, 3.8) is 0 Å². The zero-order valence-electron chi connectivity index (χ0n) is 20.5. The van der Waals surface area contributed by atoms with Gasteiger partial charge in [0.1, 0.15) is 18.0 Å². The van der Waals surface area contributed by atoms with Crippen molar-refractivity contribution in [2.24, 2.45) is 0 Å². The second-order valence-corrected chi connectivity index (χ2v) is 9.66. The number of anilines is 1. The maximum Gasteiger partial charge on any atom is 0.240 e. The zero-order valence-corrected chi connectivity index (χ0v) is 20.5. The Bertz CT molecular complexity index is 1140. The first-order valence-corrected chi connectivity index (χ1v) is 12.8. The molecule has 1 N–H and O–H groups in total. The number of hydrogen-bond donors (Lipinski definition) is 1. The van der Waals surface area contributed by atoms with E-state index in [1.807, 2.05) is 84.9 Å². The summed E-state index contributed by atoms with van der Waals surface area (Å²) in [5.74, 6) is 1.18. The highest BCUT2D eigenvalue weighted by atomic mass is 16.5. The molecule has 186 valence electrons. The van der Waals surface area contributed by atoms with E-state index < -0.39 is 0 Å². The molecule has 0 aromatic heterocycles. The second-order valence-electron chi connectivity index (χ2n) is 9.66. The number of para-hydroxylation sites is 1. The molecule has 1 saturated heterocycles. The van der Waals surface area contributed by atoms with Crippen LogP contribution in [0.4, 0.5) is 5.69 Å². The fourth-order valence-electron chi connectivity index (χ4n) is 4.77. The fraction of sp³-hybridized carbons (Fsp3) is 0.333. The summed E-state index contributed by atoms with van der Waals surface area (Å²) < 4.78 is 5.89. The van der Waals surface area contributed by atoms with Gasteiger partial charge in [-0.2, -0.15) is 0 Å². The molecular weight excluding hydrogens is 450 g/mol. The summed E-state index contributed by atoms with van der Waals surface area (Å²) in [5, 5.41) is 3.18. The van der Waals surface area contributed by atoms with E-state index >= 15 is 0 Å². The Morgan fingerprint density at radius 1 is 0.806 bits per heavy atom. The quantitative estimate of drug-likeness (QED) is 0.475. The van der Waals surface area contributed by atoms with Gasteiger partial charge in [0, 0.05) is 30.9 Å². The molecule has 1 saturated carbocycles. The van der Waals surface area contributed by atoms with Crippen molar-refractivity contribution in [3.05, 3.63) is 90.5 Å². The van der Waals surface area contributed by atoms with Gasteiger partial charge in [-0.05, 0) is 67.6 Å².